The summed E-state index contributed by atoms with van der Waals surface area (Å²) in [5, 5.41) is 4.39. The molecule has 70 valence electrons. The Hall–Kier alpha value is -1.29. The van der Waals surface area contributed by atoms with Crippen LogP contribution in [0.5, 0.6) is 0 Å². The van der Waals surface area contributed by atoms with Crippen LogP contribution in [0.1, 0.15) is 12.6 Å². The van der Waals surface area contributed by atoms with Crippen LogP contribution in [0, 0.1) is 0 Å². The number of aromatic nitrogens is 3. The van der Waals surface area contributed by atoms with Crippen molar-refractivity contribution in [3.05, 3.63) is 24.2 Å². The summed E-state index contributed by atoms with van der Waals surface area (Å²) in [7, 11) is 0. The second-order valence-corrected chi connectivity index (χ2v) is 3.07. The van der Waals surface area contributed by atoms with E-state index in [4.69, 9.17) is 5.73 Å². The molecular formula is C9H14N4. The molecule has 0 saturated heterocycles. The lowest BCUT2D eigenvalue weighted by Gasteiger charge is -1.97. The third-order valence-electron chi connectivity index (χ3n) is 2.18. The molecule has 0 spiro atoms. The van der Waals surface area contributed by atoms with Crippen LogP contribution < -0.4 is 5.73 Å². The zero-order valence-corrected chi connectivity index (χ0v) is 7.77. The van der Waals surface area contributed by atoms with Crippen molar-refractivity contribution >= 4 is 5.65 Å². The Kier molecular flexibility index (Phi) is 2.06. The summed E-state index contributed by atoms with van der Waals surface area (Å²) < 4.78 is 4.01. The number of nitrogens with zero attached hydrogens (tertiary/aromatic N) is 3. The molecule has 2 aromatic heterocycles. The Morgan fingerprint density at radius 1 is 1.46 bits per heavy atom. The van der Waals surface area contributed by atoms with Gasteiger partial charge in [-0.15, -0.1) is 0 Å². The molecule has 2 heterocycles. The third kappa shape index (κ3) is 1.33. The van der Waals surface area contributed by atoms with E-state index in [2.05, 4.69) is 22.7 Å². The average molecular weight is 178 g/mol. The zero-order valence-electron chi connectivity index (χ0n) is 7.77. The Morgan fingerprint density at radius 2 is 2.31 bits per heavy atom. The van der Waals surface area contributed by atoms with Crippen LogP contribution in [0.15, 0.2) is 18.5 Å². The van der Waals surface area contributed by atoms with E-state index >= 15 is 0 Å². The van der Waals surface area contributed by atoms with E-state index in [1.54, 1.807) is 0 Å². The van der Waals surface area contributed by atoms with E-state index in [0.717, 1.165) is 24.3 Å². The van der Waals surface area contributed by atoms with Crippen LogP contribution in [0.2, 0.25) is 0 Å². The van der Waals surface area contributed by atoms with Crippen LogP contribution in [0.3, 0.4) is 0 Å². The first-order valence-electron chi connectivity index (χ1n) is 4.58. The SMILES string of the molecule is CCc1cc2n(CCN)ccn2n1. The summed E-state index contributed by atoms with van der Waals surface area (Å²) in [5.41, 5.74) is 7.75. The molecule has 2 aromatic rings. The summed E-state index contributed by atoms with van der Waals surface area (Å²) >= 11 is 0. The maximum absolute atomic E-state index is 5.50. The van der Waals surface area contributed by atoms with E-state index in [-0.39, 0.29) is 0 Å². The van der Waals surface area contributed by atoms with Gasteiger partial charge in [-0.3, -0.25) is 0 Å². The topological polar surface area (TPSA) is 48.2 Å². The van der Waals surface area contributed by atoms with E-state index in [0.29, 0.717) is 6.54 Å². The van der Waals surface area contributed by atoms with Gasteiger partial charge in [0.2, 0.25) is 0 Å². The molecule has 2 N–H and O–H groups in total. The van der Waals surface area contributed by atoms with Crippen molar-refractivity contribution in [3.8, 4) is 0 Å². The van der Waals surface area contributed by atoms with Gasteiger partial charge in [0.1, 0.15) is 5.65 Å². The minimum atomic E-state index is 0.664. The van der Waals surface area contributed by atoms with Gasteiger partial charge in [-0.05, 0) is 6.42 Å². The van der Waals surface area contributed by atoms with Crippen molar-refractivity contribution < 1.29 is 0 Å². The predicted octanol–water partition coefficient (Wildman–Crippen LogP) is 0.657. The molecule has 0 fully saturated rings. The highest BCUT2D eigenvalue weighted by molar-refractivity contribution is 5.41. The Morgan fingerprint density at radius 3 is 3.00 bits per heavy atom. The first-order chi connectivity index (χ1) is 6.35. The molecule has 0 aliphatic rings. The van der Waals surface area contributed by atoms with Crippen molar-refractivity contribution in [2.75, 3.05) is 6.54 Å². The lowest BCUT2D eigenvalue weighted by molar-refractivity contribution is 0.730. The fourth-order valence-electron chi connectivity index (χ4n) is 1.48. The minimum Gasteiger partial charge on any atom is -0.330 e. The molecule has 0 atom stereocenters. The summed E-state index contributed by atoms with van der Waals surface area (Å²) in [6, 6.07) is 2.11. The van der Waals surface area contributed by atoms with Gasteiger partial charge in [0.05, 0.1) is 5.69 Å². The molecule has 0 aliphatic carbocycles. The highest BCUT2D eigenvalue weighted by Gasteiger charge is 2.03. The van der Waals surface area contributed by atoms with E-state index < -0.39 is 0 Å². The number of hydrogen-bond acceptors (Lipinski definition) is 2. The number of nitrogens with two attached hydrogens (primary N) is 1. The van der Waals surface area contributed by atoms with Crippen molar-refractivity contribution in [3.63, 3.8) is 0 Å². The molecule has 0 amide bonds. The highest BCUT2D eigenvalue weighted by Crippen LogP contribution is 2.07. The van der Waals surface area contributed by atoms with Gasteiger partial charge in [-0.25, -0.2) is 4.52 Å². The molecule has 0 radical (unpaired) electrons. The summed E-state index contributed by atoms with van der Waals surface area (Å²) in [4.78, 5) is 0. The number of aryl methyl sites for hydroxylation is 1. The van der Waals surface area contributed by atoms with E-state index in [1.165, 1.54) is 0 Å². The molecule has 4 heteroatoms. The Balaban J connectivity index is 2.46. The van der Waals surface area contributed by atoms with Crippen molar-refractivity contribution in [2.24, 2.45) is 5.73 Å². The van der Waals surface area contributed by atoms with Gasteiger partial charge in [0.15, 0.2) is 0 Å². The fraction of sp³-hybridized carbons (Fsp3) is 0.444. The second-order valence-electron chi connectivity index (χ2n) is 3.07. The maximum Gasteiger partial charge on any atom is 0.136 e. The van der Waals surface area contributed by atoms with Crippen LogP contribution >= 0.6 is 0 Å². The average Bonchev–Trinajstić information content (AvgIpc) is 2.67. The largest absolute Gasteiger partial charge is 0.330 e. The van der Waals surface area contributed by atoms with Crippen LogP contribution in [0.4, 0.5) is 0 Å². The number of rotatable bonds is 3. The molecule has 0 bridgehead atoms. The molecule has 4 nitrogen and oxygen atoms in total. The van der Waals surface area contributed by atoms with Gasteiger partial charge in [0, 0.05) is 31.5 Å². The smallest absolute Gasteiger partial charge is 0.136 e. The van der Waals surface area contributed by atoms with Gasteiger partial charge < -0.3 is 10.3 Å². The van der Waals surface area contributed by atoms with Gasteiger partial charge >= 0.3 is 0 Å². The Bertz CT molecular complexity index is 399. The number of fused-ring (bicyclic) bond motifs is 1. The summed E-state index contributed by atoms with van der Waals surface area (Å²) in [6.07, 6.45) is 4.95. The predicted molar refractivity (Wildman–Crippen MR) is 51.6 cm³/mol. The van der Waals surface area contributed by atoms with Crippen LogP contribution in [-0.2, 0) is 13.0 Å². The van der Waals surface area contributed by atoms with Crippen molar-refractivity contribution in [1.82, 2.24) is 14.2 Å². The molecular weight excluding hydrogens is 164 g/mol. The summed E-state index contributed by atoms with van der Waals surface area (Å²) in [6.45, 7) is 3.62. The Labute approximate surface area is 77.0 Å². The molecule has 0 saturated carbocycles. The maximum atomic E-state index is 5.50. The second kappa shape index (κ2) is 3.22. The fourth-order valence-corrected chi connectivity index (χ4v) is 1.48. The van der Waals surface area contributed by atoms with E-state index in [9.17, 15) is 0 Å². The van der Waals surface area contributed by atoms with Crippen molar-refractivity contribution in [2.45, 2.75) is 19.9 Å². The highest BCUT2D eigenvalue weighted by atomic mass is 15.3. The first-order valence-corrected chi connectivity index (χ1v) is 4.58. The van der Waals surface area contributed by atoms with Crippen molar-refractivity contribution in [1.29, 1.82) is 0 Å². The molecule has 0 aromatic carbocycles. The summed E-state index contributed by atoms with van der Waals surface area (Å²) in [5.74, 6) is 0. The monoisotopic (exact) mass is 178 g/mol. The lowest BCUT2D eigenvalue weighted by Crippen LogP contribution is -2.08. The number of imidazole rings is 1. The molecule has 2 rings (SSSR count). The van der Waals surface area contributed by atoms with Gasteiger partial charge in [-0.2, -0.15) is 5.10 Å². The lowest BCUT2D eigenvalue weighted by atomic mass is 10.3. The van der Waals surface area contributed by atoms with Crippen LogP contribution in [0.25, 0.3) is 5.65 Å². The zero-order chi connectivity index (χ0) is 9.26. The first kappa shape index (κ1) is 8.31. The normalized spacial score (nSPS) is 11.2. The van der Waals surface area contributed by atoms with Gasteiger partial charge in [0.25, 0.3) is 0 Å². The standard InChI is InChI=1S/C9H14N4/c1-2-8-7-9-12(4-3-10)5-6-13(9)11-8/h5-7H,2-4,10H2,1H3. The molecule has 0 aliphatic heterocycles. The minimum absolute atomic E-state index is 0.664. The van der Waals surface area contributed by atoms with E-state index in [1.807, 2.05) is 16.9 Å². The third-order valence-corrected chi connectivity index (χ3v) is 2.18. The molecule has 13 heavy (non-hydrogen) atoms. The molecule has 0 unspecified atom stereocenters. The quantitative estimate of drug-likeness (QED) is 0.750. The number of hydrogen-bond donors (Lipinski definition) is 1. The van der Waals surface area contributed by atoms with Gasteiger partial charge in [-0.1, -0.05) is 6.92 Å². The van der Waals surface area contributed by atoms with Crippen LogP contribution in [-0.4, -0.2) is 20.7 Å².